The van der Waals surface area contributed by atoms with Crippen molar-refractivity contribution in [1.29, 1.82) is 0 Å². The standard InChI is InChI=1S/C14H14N2O/c1-10-3-5-12(6-4-10)13-7-8-14(15-9-13)16-11(2)17/h3-9H,1-2H3,(H,15,16,17). The number of amides is 1. The van der Waals surface area contributed by atoms with Gasteiger partial charge in [-0.25, -0.2) is 4.98 Å². The number of hydrogen-bond donors (Lipinski definition) is 1. The Hall–Kier alpha value is -2.16. The van der Waals surface area contributed by atoms with Gasteiger partial charge in [0.1, 0.15) is 5.82 Å². The van der Waals surface area contributed by atoms with E-state index in [-0.39, 0.29) is 5.91 Å². The first-order valence-corrected chi connectivity index (χ1v) is 5.46. The van der Waals surface area contributed by atoms with Crippen molar-refractivity contribution in [3.8, 4) is 11.1 Å². The molecule has 0 fully saturated rings. The van der Waals surface area contributed by atoms with Crippen molar-refractivity contribution in [1.82, 2.24) is 4.98 Å². The molecule has 3 nitrogen and oxygen atoms in total. The van der Waals surface area contributed by atoms with Gasteiger partial charge in [-0.3, -0.25) is 4.79 Å². The summed E-state index contributed by atoms with van der Waals surface area (Å²) in [5, 5.41) is 2.64. The molecule has 0 bridgehead atoms. The molecule has 86 valence electrons. The van der Waals surface area contributed by atoms with Gasteiger partial charge < -0.3 is 5.32 Å². The summed E-state index contributed by atoms with van der Waals surface area (Å²) < 4.78 is 0. The number of anilines is 1. The fourth-order valence-corrected chi connectivity index (χ4v) is 1.56. The van der Waals surface area contributed by atoms with Crippen molar-refractivity contribution in [2.75, 3.05) is 5.32 Å². The van der Waals surface area contributed by atoms with E-state index in [9.17, 15) is 4.79 Å². The number of carbonyl (C=O) groups excluding carboxylic acids is 1. The number of nitrogens with zero attached hydrogens (tertiary/aromatic N) is 1. The SMILES string of the molecule is CC(=O)Nc1ccc(-c2ccc(C)cc2)cn1. The van der Waals surface area contributed by atoms with E-state index in [1.54, 1.807) is 12.3 Å². The molecule has 2 aromatic rings. The van der Waals surface area contributed by atoms with E-state index in [2.05, 4.69) is 41.5 Å². The molecule has 0 aliphatic heterocycles. The molecule has 0 saturated heterocycles. The molecule has 1 amide bonds. The van der Waals surface area contributed by atoms with E-state index in [1.165, 1.54) is 12.5 Å². The number of rotatable bonds is 2. The van der Waals surface area contributed by atoms with Crippen LogP contribution in [0, 0.1) is 6.92 Å². The van der Waals surface area contributed by atoms with Crippen LogP contribution in [0.15, 0.2) is 42.6 Å². The summed E-state index contributed by atoms with van der Waals surface area (Å²) in [6.45, 7) is 3.53. The number of pyridine rings is 1. The lowest BCUT2D eigenvalue weighted by Gasteiger charge is -2.04. The highest BCUT2D eigenvalue weighted by Crippen LogP contribution is 2.19. The third-order valence-corrected chi connectivity index (χ3v) is 2.45. The van der Waals surface area contributed by atoms with E-state index < -0.39 is 0 Å². The van der Waals surface area contributed by atoms with E-state index in [1.807, 2.05) is 6.07 Å². The van der Waals surface area contributed by atoms with Crippen molar-refractivity contribution in [3.63, 3.8) is 0 Å². The second kappa shape index (κ2) is 4.78. The third-order valence-electron chi connectivity index (χ3n) is 2.45. The molecule has 0 aliphatic carbocycles. The van der Waals surface area contributed by atoms with Gasteiger partial charge in [0.2, 0.25) is 5.91 Å². The summed E-state index contributed by atoms with van der Waals surface area (Å²) in [4.78, 5) is 15.0. The lowest BCUT2D eigenvalue weighted by Crippen LogP contribution is -2.06. The minimum absolute atomic E-state index is 0.111. The average Bonchev–Trinajstić information content (AvgIpc) is 2.30. The molecule has 3 heteroatoms. The number of carbonyl (C=O) groups is 1. The van der Waals surface area contributed by atoms with Gasteiger partial charge in [-0.1, -0.05) is 29.8 Å². The lowest BCUT2D eigenvalue weighted by atomic mass is 10.1. The van der Waals surface area contributed by atoms with Crippen LogP contribution in [0.1, 0.15) is 12.5 Å². The first kappa shape index (κ1) is 11.3. The Labute approximate surface area is 101 Å². The zero-order chi connectivity index (χ0) is 12.3. The molecule has 1 N–H and O–H groups in total. The summed E-state index contributed by atoms with van der Waals surface area (Å²) >= 11 is 0. The average molecular weight is 226 g/mol. The summed E-state index contributed by atoms with van der Waals surface area (Å²) in [5.41, 5.74) is 3.40. The van der Waals surface area contributed by atoms with E-state index in [0.29, 0.717) is 5.82 Å². The van der Waals surface area contributed by atoms with Crippen LogP contribution in [0.4, 0.5) is 5.82 Å². The first-order valence-electron chi connectivity index (χ1n) is 5.46. The van der Waals surface area contributed by atoms with Crippen molar-refractivity contribution in [2.45, 2.75) is 13.8 Å². The Balaban J connectivity index is 2.23. The Morgan fingerprint density at radius 3 is 2.24 bits per heavy atom. The van der Waals surface area contributed by atoms with Gasteiger partial charge in [0.25, 0.3) is 0 Å². The number of nitrogens with one attached hydrogen (secondary N) is 1. The van der Waals surface area contributed by atoms with Crippen LogP contribution < -0.4 is 5.32 Å². The number of aryl methyl sites for hydroxylation is 1. The van der Waals surface area contributed by atoms with Crippen LogP contribution in [-0.4, -0.2) is 10.9 Å². The molecule has 0 spiro atoms. The minimum atomic E-state index is -0.111. The highest BCUT2D eigenvalue weighted by Gasteiger charge is 2.00. The van der Waals surface area contributed by atoms with E-state index in [4.69, 9.17) is 0 Å². The monoisotopic (exact) mass is 226 g/mol. The molecule has 2 rings (SSSR count). The molecule has 1 aromatic heterocycles. The molecule has 17 heavy (non-hydrogen) atoms. The van der Waals surface area contributed by atoms with Crippen LogP contribution >= 0.6 is 0 Å². The molecule has 1 heterocycles. The second-order valence-corrected chi connectivity index (χ2v) is 3.98. The number of hydrogen-bond acceptors (Lipinski definition) is 2. The highest BCUT2D eigenvalue weighted by molar-refractivity contribution is 5.87. The molecule has 0 radical (unpaired) electrons. The minimum Gasteiger partial charge on any atom is -0.311 e. The first-order chi connectivity index (χ1) is 8.15. The Kier molecular flexibility index (Phi) is 3.19. The molecule has 1 aromatic carbocycles. The Morgan fingerprint density at radius 2 is 1.71 bits per heavy atom. The Bertz CT molecular complexity index is 515. The van der Waals surface area contributed by atoms with Crippen molar-refractivity contribution in [2.24, 2.45) is 0 Å². The fraction of sp³-hybridized carbons (Fsp3) is 0.143. The van der Waals surface area contributed by atoms with Gasteiger partial charge in [0, 0.05) is 18.7 Å². The van der Waals surface area contributed by atoms with Crippen molar-refractivity contribution < 1.29 is 4.79 Å². The lowest BCUT2D eigenvalue weighted by molar-refractivity contribution is -0.114. The van der Waals surface area contributed by atoms with Gasteiger partial charge in [-0.05, 0) is 24.6 Å². The number of aromatic nitrogens is 1. The smallest absolute Gasteiger partial charge is 0.222 e. The van der Waals surface area contributed by atoms with Gasteiger partial charge in [0.15, 0.2) is 0 Å². The van der Waals surface area contributed by atoms with Crippen LogP contribution in [0.2, 0.25) is 0 Å². The highest BCUT2D eigenvalue weighted by atomic mass is 16.1. The maximum Gasteiger partial charge on any atom is 0.222 e. The number of benzene rings is 1. The summed E-state index contributed by atoms with van der Waals surface area (Å²) in [7, 11) is 0. The normalized spacial score (nSPS) is 10.0. The fourth-order valence-electron chi connectivity index (χ4n) is 1.56. The zero-order valence-corrected chi connectivity index (χ0v) is 9.90. The molecular weight excluding hydrogens is 212 g/mol. The van der Waals surface area contributed by atoms with E-state index >= 15 is 0 Å². The third kappa shape index (κ3) is 2.91. The van der Waals surface area contributed by atoms with Gasteiger partial charge in [-0.15, -0.1) is 0 Å². The molecular formula is C14H14N2O. The van der Waals surface area contributed by atoms with Crippen LogP contribution in [-0.2, 0) is 4.79 Å². The molecule has 0 atom stereocenters. The topological polar surface area (TPSA) is 42.0 Å². The van der Waals surface area contributed by atoms with E-state index in [0.717, 1.165) is 11.1 Å². The summed E-state index contributed by atoms with van der Waals surface area (Å²) in [6, 6.07) is 12.0. The zero-order valence-electron chi connectivity index (χ0n) is 9.90. The predicted molar refractivity (Wildman–Crippen MR) is 68.7 cm³/mol. The largest absolute Gasteiger partial charge is 0.311 e. The van der Waals surface area contributed by atoms with Gasteiger partial charge in [-0.2, -0.15) is 0 Å². The van der Waals surface area contributed by atoms with Crippen LogP contribution in [0.3, 0.4) is 0 Å². The van der Waals surface area contributed by atoms with Crippen molar-refractivity contribution in [3.05, 3.63) is 48.2 Å². The maximum absolute atomic E-state index is 10.9. The Morgan fingerprint density at radius 1 is 1.06 bits per heavy atom. The molecule has 0 unspecified atom stereocenters. The van der Waals surface area contributed by atoms with Crippen LogP contribution in [0.25, 0.3) is 11.1 Å². The summed E-state index contributed by atoms with van der Waals surface area (Å²) in [6.07, 6.45) is 1.76. The van der Waals surface area contributed by atoms with Gasteiger partial charge in [0.05, 0.1) is 0 Å². The quantitative estimate of drug-likeness (QED) is 0.855. The summed E-state index contributed by atoms with van der Waals surface area (Å²) in [5.74, 6) is 0.467. The van der Waals surface area contributed by atoms with Crippen molar-refractivity contribution >= 4 is 11.7 Å². The maximum atomic E-state index is 10.9. The second-order valence-electron chi connectivity index (χ2n) is 3.98. The van der Waals surface area contributed by atoms with Crippen LogP contribution in [0.5, 0.6) is 0 Å². The molecule has 0 saturated carbocycles. The van der Waals surface area contributed by atoms with Gasteiger partial charge >= 0.3 is 0 Å². The predicted octanol–water partition coefficient (Wildman–Crippen LogP) is 3.02. The molecule has 0 aliphatic rings.